The summed E-state index contributed by atoms with van der Waals surface area (Å²) >= 11 is 0. The van der Waals surface area contributed by atoms with Gasteiger partial charge in [0, 0.05) is 41.4 Å². The molecule has 7 nitrogen and oxygen atoms in total. The van der Waals surface area contributed by atoms with E-state index in [4.69, 9.17) is 4.74 Å². The van der Waals surface area contributed by atoms with Crippen LogP contribution in [-0.4, -0.2) is 34.1 Å². The first-order chi connectivity index (χ1) is 16.0. The molecule has 2 aromatic heterocycles. The second-order valence-corrected chi connectivity index (χ2v) is 8.16. The number of fused-ring (bicyclic) bond motifs is 2. The summed E-state index contributed by atoms with van der Waals surface area (Å²) in [5, 5.41) is 6.99. The van der Waals surface area contributed by atoms with Crippen molar-refractivity contribution in [3.8, 4) is 17.0 Å². The Morgan fingerprint density at radius 2 is 2.03 bits per heavy atom. The number of nitrogens with zero attached hydrogens (tertiary/aromatic N) is 3. The molecule has 0 saturated carbocycles. The first kappa shape index (κ1) is 20.9. The van der Waals surface area contributed by atoms with E-state index >= 15 is 0 Å². The third-order valence-electron chi connectivity index (χ3n) is 6.11. The number of halogens is 1. The van der Waals surface area contributed by atoms with Gasteiger partial charge >= 0.3 is 0 Å². The molecule has 8 heteroatoms. The third-order valence-corrected chi connectivity index (χ3v) is 6.11. The van der Waals surface area contributed by atoms with E-state index in [-0.39, 0.29) is 17.8 Å². The Morgan fingerprint density at radius 1 is 1.18 bits per heavy atom. The van der Waals surface area contributed by atoms with Crippen molar-refractivity contribution in [2.24, 2.45) is 0 Å². The summed E-state index contributed by atoms with van der Waals surface area (Å²) in [5.41, 5.74) is 4.85. The number of carbonyl (C=O) groups is 1. The molecule has 3 heterocycles. The number of hydrogen-bond donors (Lipinski definition) is 2. The Morgan fingerprint density at radius 3 is 2.85 bits per heavy atom. The van der Waals surface area contributed by atoms with Gasteiger partial charge in [0.15, 0.2) is 0 Å². The Kier molecular flexibility index (Phi) is 5.20. The number of aryl methyl sites for hydroxylation is 1. The molecule has 0 saturated heterocycles. The van der Waals surface area contributed by atoms with Gasteiger partial charge in [0.1, 0.15) is 23.7 Å². The zero-order valence-corrected chi connectivity index (χ0v) is 18.6. The maximum absolute atomic E-state index is 14.6. The molecule has 33 heavy (non-hydrogen) atoms. The smallest absolute Gasteiger partial charge is 0.252 e. The minimum atomic E-state index is -0.276. The van der Waals surface area contributed by atoms with Gasteiger partial charge in [-0.3, -0.25) is 4.79 Å². The van der Waals surface area contributed by atoms with Gasteiger partial charge in [0.25, 0.3) is 5.91 Å². The van der Waals surface area contributed by atoms with Gasteiger partial charge in [-0.25, -0.2) is 14.4 Å². The fraction of sp³-hybridized carbons (Fsp3) is 0.240. The van der Waals surface area contributed by atoms with Crippen LogP contribution < -0.4 is 15.4 Å². The average molecular weight is 445 g/mol. The van der Waals surface area contributed by atoms with Crippen molar-refractivity contribution in [3.05, 3.63) is 71.4 Å². The molecule has 168 valence electrons. The first-order valence-corrected chi connectivity index (χ1v) is 10.8. The monoisotopic (exact) mass is 445 g/mol. The van der Waals surface area contributed by atoms with E-state index in [2.05, 4.69) is 20.6 Å². The lowest BCUT2D eigenvalue weighted by atomic mass is 10.0. The van der Waals surface area contributed by atoms with E-state index in [0.717, 1.165) is 27.9 Å². The average Bonchev–Trinajstić information content (AvgIpc) is 3.30. The summed E-state index contributed by atoms with van der Waals surface area (Å²) in [4.78, 5) is 20.7. The fourth-order valence-corrected chi connectivity index (χ4v) is 4.45. The minimum absolute atomic E-state index is 0.0227. The number of nitrogens with one attached hydrogen (secondary N) is 2. The normalized spacial score (nSPS) is 14.9. The van der Waals surface area contributed by atoms with Gasteiger partial charge in [0.2, 0.25) is 0 Å². The highest BCUT2D eigenvalue weighted by Gasteiger charge is 2.25. The molecule has 0 aliphatic carbocycles. The zero-order chi connectivity index (χ0) is 23.1. The molecule has 1 atom stereocenters. The van der Waals surface area contributed by atoms with Gasteiger partial charge in [-0.1, -0.05) is 6.07 Å². The van der Waals surface area contributed by atoms with Crippen LogP contribution in [0.5, 0.6) is 5.75 Å². The number of aromatic nitrogens is 3. The number of rotatable bonds is 6. The second-order valence-electron chi connectivity index (χ2n) is 8.16. The largest absolute Gasteiger partial charge is 0.496 e. The maximum atomic E-state index is 14.6. The van der Waals surface area contributed by atoms with Crippen LogP contribution in [0.3, 0.4) is 0 Å². The standard InChI is InChI=1S/C25H24FN5O2/c1-14-10-19-22(33-3)7-6-20(26)24(19)31(14)9-8-27-23-12-21(28-13-29-23)16-4-5-17-18(11-16)15(2)30-25(17)32/h4-7,10-13,15H,8-9H2,1-3H3,(H,30,32)(H,27,28,29)/t15-/m1/s1. The lowest BCUT2D eigenvalue weighted by Crippen LogP contribution is -2.16. The number of benzene rings is 2. The minimum Gasteiger partial charge on any atom is -0.496 e. The molecule has 0 fully saturated rings. The Labute approximate surface area is 190 Å². The van der Waals surface area contributed by atoms with Gasteiger partial charge in [-0.15, -0.1) is 0 Å². The summed E-state index contributed by atoms with van der Waals surface area (Å²) in [5.74, 6) is 1.01. The van der Waals surface area contributed by atoms with Crippen LogP contribution in [0.25, 0.3) is 22.2 Å². The van der Waals surface area contributed by atoms with Crippen LogP contribution in [-0.2, 0) is 6.54 Å². The maximum Gasteiger partial charge on any atom is 0.252 e. The van der Waals surface area contributed by atoms with Crippen LogP contribution in [0, 0.1) is 12.7 Å². The molecular formula is C25H24FN5O2. The lowest BCUT2D eigenvalue weighted by Gasteiger charge is -2.12. The third kappa shape index (κ3) is 3.67. The molecule has 1 aliphatic rings. The van der Waals surface area contributed by atoms with Crippen LogP contribution in [0.2, 0.25) is 0 Å². The Bertz CT molecular complexity index is 1380. The number of hydrogen-bond acceptors (Lipinski definition) is 5. The van der Waals surface area contributed by atoms with Gasteiger partial charge in [-0.05, 0) is 49.7 Å². The molecule has 0 radical (unpaired) electrons. The van der Waals surface area contributed by atoms with Gasteiger partial charge in [-0.2, -0.15) is 0 Å². The van der Waals surface area contributed by atoms with E-state index in [0.29, 0.717) is 35.7 Å². The summed E-state index contributed by atoms with van der Waals surface area (Å²) in [6.07, 6.45) is 1.51. The number of anilines is 1. The number of carbonyl (C=O) groups excluding carboxylic acids is 1. The molecule has 0 spiro atoms. The second kappa shape index (κ2) is 8.20. The van der Waals surface area contributed by atoms with Crippen molar-refractivity contribution in [2.45, 2.75) is 26.4 Å². The van der Waals surface area contributed by atoms with Crippen molar-refractivity contribution in [2.75, 3.05) is 19.0 Å². The van der Waals surface area contributed by atoms with Crippen LogP contribution in [0.1, 0.15) is 34.6 Å². The zero-order valence-electron chi connectivity index (χ0n) is 18.6. The molecule has 5 rings (SSSR count). The van der Waals surface area contributed by atoms with E-state index in [1.165, 1.54) is 12.4 Å². The molecular weight excluding hydrogens is 421 g/mol. The lowest BCUT2D eigenvalue weighted by molar-refractivity contribution is 0.0958. The molecule has 1 amide bonds. The highest BCUT2D eigenvalue weighted by atomic mass is 19.1. The van der Waals surface area contributed by atoms with Crippen molar-refractivity contribution in [3.63, 3.8) is 0 Å². The molecule has 0 bridgehead atoms. The number of ether oxygens (including phenoxy) is 1. The van der Waals surface area contributed by atoms with Crippen LogP contribution >= 0.6 is 0 Å². The van der Waals surface area contributed by atoms with Crippen LogP contribution in [0.4, 0.5) is 10.2 Å². The Balaban J connectivity index is 1.35. The predicted octanol–water partition coefficient (Wildman–Crippen LogP) is 4.47. The first-order valence-electron chi connectivity index (χ1n) is 10.8. The highest BCUT2D eigenvalue weighted by Crippen LogP contribution is 2.31. The molecule has 2 aromatic carbocycles. The van der Waals surface area contributed by atoms with E-state index in [1.54, 1.807) is 13.2 Å². The summed E-state index contributed by atoms with van der Waals surface area (Å²) in [6.45, 7) is 5.03. The summed E-state index contributed by atoms with van der Waals surface area (Å²) < 4.78 is 21.9. The van der Waals surface area contributed by atoms with Gasteiger partial charge in [0.05, 0.1) is 24.4 Å². The Hall–Kier alpha value is -3.94. The van der Waals surface area contributed by atoms with Crippen molar-refractivity contribution in [1.29, 1.82) is 0 Å². The SMILES string of the molecule is COc1ccc(F)c2c1cc(C)n2CCNc1cc(-c2ccc3c(c2)[C@@H](C)NC3=O)ncn1. The molecule has 2 N–H and O–H groups in total. The highest BCUT2D eigenvalue weighted by molar-refractivity contribution is 5.99. The molecule has 1 aliphatic heterocycles. The van der Waals surface area contributed by atoms with Crippen LogP contribution in [0.15, 0.2) is 48.8 Å². The molecule has 4 aromatic rings. The quantitative estimate of drug-likeness (QED) is 0.458. The van der Waals surface area contributed by atoms with E-state index in [1.807, 2.05) is 48.7 Å². The molecule has 0 unspecified atom stereocenters. The van der Waals surface area contributed by atoms with Crippen molar-refractivity contribution < 1.29 is 13.9 Å². The number of amides is 1. The number of methoxy groups -OCH3 is 1. The van der Waals surface area contributed by atoms with E-state index in [9.17, 15) is 9.18 Å². The predicted molar refractivity (Wildman–Crippen MR) is 125 cm³/mol. The topological polar surface area (TPSA) is 81.1 Å². The van der Waals surface area contributed by atoms with Crippen molar-refractivity contribution >= 4 is 22.6 Å². The summed E-state index contributed by atoms with van der Waals surface area (Å²) in [7, 11) is 1.59. The summed E-state index contributed by atoms with van der Waals surface area (Å²) in [6, 6.07) is 12.6. The fourth-order valence-electron chi connectivity index (χ4n) is 4.45. The van der Waals surface area contributed by atoms with Crippen molar-refractivity contribution in [1.82, 2.24) is 19.9 Å². The van der Waals surface area contributed by atoms with E-state index < -0.39 is 0 Å². The van der Waals surface area contributed by atoms with Gasteiger partial charge < -0.3 is 19.9 Å².